The second kappa shape index (κ2) is 9.35. The summed E-state index contributed by atoms with van der Waals surface area (Å²) in [6.07, 6.45) is 1.38. The average Bonchev–Trinajstić information content (AvgIpc) is 3.37. The number of aryl methyl sites for hydroxylation is 3. The van der Waals surface area contributed by atoms with Crippen LogP contribution in [0.1, 0.15) is 50.5 Å². The maximum absolute atomic E-state index is 13.0. The van der Waals surface area contributed by atoms with Gasteiger partial charge in [-0.3, -0.25) is 4.79 Å². The zero-order valence-corrected chi connectivity index (χ0v) is 23.7. The molecular formula is C30H30ClN3O2S. The normalized spacial score (nSPS) is 13.0. The van der Waals surface area contributed by atoms with Crippen LogP contribution in [0.5, 0.6) is 0 Å². The minimum absolute atomic E-state index is 0.0384. The summed E-state index contributed by atoms with van der Waals surface area (Å²) in [4.78, 5) is 22.9. The van der Waals surface area contributed by atoms with E-state index in [4.69, 9.17) is 26.3 Å². The molecule has 0 N–H and O–H groups in total. The molecule has 0 aliphatic carbocycles. The van der Waals surface area contributed by atoms with Gasteiger partial charge in [0.15, 0.2) is 5.78 Å². The number of hydrogen-bond acceptors (Lipinski definition) is 5. The van der Waals surface area contributed by atoms with Crippen molar-refractivity contribution in [2.24, 2.45) is 7.05 Å². The highest BCUT2D eigenvalue weighted by Crippen LogP contribution is 2.44. The fourth-order valence-electron chi connectivity index (χ4n) is 4.83. The molecule has 0 fully saturated rings. The average molecular weight is 532 g/mol. The predicted octanol–water partition coefficient (Wildman–Crippen LogP) is 8.23. The first-order valence-corrected chi connectivity index (χ1v) is 13.4. The van der Waals surface area contributed by atoms with Gasteiger partial charge in [0.05, 0.1) is 15.8 Å². The molecule has 0 radical (unpaired) electrons. The second-order valence-corrected chi connectivity index (χ2v) is 12.0. The number of Topliss-reactive ketones (excluding diaryl/α,β-unsaturated/α-hetero) is 1. The van der Waals surface area contributed by atoms with Crippen molar-refractivity contribution in [3.63, 3.8) is 0 Å². The molecule has 7 heteroatoms. The Kier molecular flexibility index (Phi) is 6.47. The summed E-state index contributed by atoms with van der Waals surface area (Å²) in [5.41, 5.74) is 7.07. The molecule has 5 aromatic rings. The summed E-state index contributed by atoms with van der Waals surface area (Å²) in [6.45, 7) is 11.6. The van der Waals surface area contributed by atoms with E-state index in [-0.39, 0.29) is 5.78 Å². The molecule has 0 aliphatic rings. The second-order valence-electron chi connectivity index (χ2n) is 10.6. The number of thiazole rings is 1. The Balaban J connectivity index is 1.78. The quantitative estimate of drug-likeness (QED) is 0.229. The van der Waals surface area contributed by atoms with Crippen LogP contribution in [0.2, 0.25) is 5.02 Å². The van der Waals surface area contributed by atoms with Gasteiger partial charge in [0.2, 0.25) is 0 Å². The smallest absolute Gasteiger partial charge is 0.163 e. The number of hydrogen-bond donors (Lipinski definition) is 0. The molecule has 1 atom stereocenters. The van der Waals surface area contributed by atoms with E-state index in [1.165, 1.54) is 5.56 Å². The highest BCUT2D eigenvalue weighted by atomic mass is 35.5. The van der Waals surface area contributed by atoms with E-state index in [1.807, 2.05) is 69.6 Å². The van der Waals surface area contributed by atoms with Crippen LogP contribution in [0, 0.1) is 13.8 Å². The molecule has 0 aliphatic heterocycles. The molecule has 190 valence electrons. The van der Waals surface area contributed by atoms with E-state index in [0.29, 0.717) is 5.02 Å². The number of rotatable bonds is 5. The van der Waals surface area contributed by atoms with Crippen molar-refractivity contribution < 1.29 is 9.53 Å². The molecule has 5 rings (SSSR count). The van der Waals surface area contributed by atoms with E-state index in [2.05, 4.69) is 25.3 Å². The van der Waals surface area contributed by atoms with Gasteiger partial charge in [0, 0.05) is 34.8 Å². The Hall–Kier alpha value is -3.06. The minimum atomic E-state index is -0.707. The number of pyridine rings is 1. The van der Waals surface area contributed by atoms with Crippen LogP contribution in [0.15, 0.2) is 48.7 Å². The molecule has 5 nitrogen and oxygen atoms in total. The van der Waals surface area contributed by atoms with Gasteiger partial charge in [0.1, 0.15) is 22.5 Å². The van der Waals surface area contributed by atoms with Crippen LogP contribution in [0.4, 0.5) is 0 Å². The molecule has 0 saturated heterocycles. The van der Waals surface area contributed by atoms with Crippen LogP contribution in [-0.2, 0) is 16.6 Å². The molecule has 0 saturated carbocycles. The van der Waals surface area contributed by atoms with Gasteiger partial charge in [-0.15, -0.1) is 11.3 Å². The molecule has 3 aromatic heterocycles. The number of benzene rings is 2. The topological polar surface area (TPSA) is 57.0 Å². The molecule has 37 heavy (non-hydrogen) atoms. The SMILES string of the molecule is CC(=O)[C@@H](OC(C)(C)C)c1c(C)cc2nc(-c3ccc4c(C)cn(C)c4n3)sc2c1-c1ccc(Cl)cc1. The third-order valence-corrected chi connectivity index (χ3v) is 7.77. The standard InChI is InChI=1S/C30H30ClN3O2S/c1-16-14-23-27(37-29(33-23)22-13-12-21-17(2)15-34(7)28(21)32-22)25(19-8-10-20(31)11-9-19)24(16)26(18(3)35)36-30(4,5)6/h8-15,26H,1-7H3/t26-/m1/s1. The van der Waals surface area contributed by atoms with Crippen molar-refractivity contribution in [1.29, 1.82) is 0 Å². The molecule has 0 spiro atoms. The number of fused-ring (bicyclic) bond motifs is 2. The predicted molar refractivity (Wildman–Crippen MR) is 154 cm³/mol. The molecular weight excluding hydrogens is 502 g/mol. The summed E-state index contributed by atoms with van der Waals surface area (Å²) in [5.74, 6) is -0.0384. The highest BCUT2D eigenvalue weighted by molar-refractivity contribution is 7.22. The van der Waals surface area contributed by atoms with E-state index in [1.54, 1.807) is 18.3 Å². The fraction of sp³-hybridized carbons (Fsp3) is 0.300. The number of halogens is 1. The van der Waals surface area contributed by atoms with Crippen LogP contribution in [0.3, 0.4) is 0 Å². The van der Waals surface area contributed by atoms with Crippen LogP contribution < -0.4 is 0 Å². The number of carbonyl (C=O) groups is 1. The third-order valence-electron chi connectivity index (χ3n) is 6.40. The zero-order valence-electron chi connectivity index (χ0n) is 22.1. The van der Waals surface area contributed by atoms with Gasteiger partial charge in [-0.1, -0.05) is 23.7 Å². The number of aromatic nitrogens is 3. The largest absolute Gasteiger partial charge is 0.360 e. The van der Waals surface area contributed by atoms with Gasteiger partial charge in [-0.25, -0.2) is 9.97 Å². The van der Waals surface area contributed by atoms with Crippen LogP contribution >= 0.6 is 22.9 Å². The monoisotopic (exact) mass is 531 g/mol. The third kappa shape index (κ3) is 4.81. The van der Waals surface area contributed by atoms with Gasteiger partial charge in [-0.05, 0) is 88.6 Å². The summed E-state index contributed by atoms with van der Waals surface area (Å²) in [6, 6.07) is 13.9. The van der Waals surface area contributed by atoms with Gasteiger partial charge in [-0.2, -0.15) is 0 Å². The minimum Gasteiger partial charge on any atom is -0.360 e. The maximum atomic E-state index is 13.0. The first-order valence-electron chi connectivity index (χ1n) is 12.2. The molecule has 3 heterocycles. The van der Waals surface area contributed by atoms with Gasteiger partial charge >= 0.3 is 0 Å². The van der Waals surface area contributed by atoms with Crippen molar-refractivity contribution in [2.45, 2.75) is 53.2 Å². The number of ether oxygens (including phenoxy) is 1. The molecule has 2 aromatic carbocycles. The van der Waals surface area contributed by atoms with Crippen molar-refractivity contribution >= 4 is 50.0 Å². The summed E-state index contributed by atoms with van der Waals surface area (Å²) in [5, 5.41) is 2.62. The Labute approximate surface area is 226 Å². The van der Waals surface area contributed by atoms with Crippen LogP contribution in [-0.4, -0.2) is 25.9 Å². The Bertz CT molecular complexity index is 1660. The zero-order chi connectivity index (χ0) is 26.6. The molecule has 0 amide bonds. The lowest BCUT2D eigenvalue weighted by Gasteiger charge is -2.29. The van der Waals surface area contributed by atoms with Gasteiger partial charge in [0.25, 0.3) is 0 Å². The van der Waals surface area contributed by atoms with Gasteiger partial charge < -0.3 is 9.30 Å². The summed E-state index contributed by atoms with van der Waals surface area (Å²) < 4.78 is 9.39. The summed E-state index contributed by atoms with van der Waals surface area (Å²) >= 11 is 7.82. The first kappa shape index (κ1) is 25.6. The summed E-state index contributed by atoms with van der Waals surface area (Å²) in [7, 11) is 2.01. The maximum Gasteiger partial charge on any atom is 0.163 e. The van der Waals surface area contributed by atoms with Crippen molar-refractivity contribution in [2.75, 3.05) is 0 Å². The lowest BCUT2D eigenvalue weighted by Crippen LogP contribution is -2.27. The Morgan fingerprint density at radius 3 is 2.41 bits per heavy atom. The Morgan fingerprint density at radius 2 is 1.76 bits per heavy atom. The first-order chi connectivity index (χ1) is 17.4. The lowest BCUT2D eigenvalue weighted by molar-refractivity contribution is -0.138. The van der Waals surface area contributed by atoms with E-state index in [9.17, 15) is 4.79 Å². The fourth-order valence-corrected chi connectivity index (χ4v) is 6.05. The van der Waals surface area contributed by atoms with E-state index < -0.39 is 11.7 Å². The number of nitrogens with zero attached hydrogens (tertiary/aromatic N) is 3. The highest BCUT2D eigenvalue weighted by Gasteiger charge is 2.30. The molecule has 0 unspecified atom stereocenters. The van der Waals surface area contributed by atoms with Crippen molar-refractivity contribution in [3.8, 4) is 21.8 Å². The van der Waals surface area contributed by atoms with E-state index >= 15 is 0 Å². The van der Waals surface area contributed by atoms with E-state index in [0.717, 1.165) is 54.2 Å². The number of ketones is 1. The van der Waals surface area contributed by atoms with Crippen molar-refractivity contribution in [1.82, 2.24) is 14.5 Å². The van der Waals surface area contributed by atoms with Crippen molar-refractivity contribution in [3.05, 3.63) is 70.4 Å². The number of carbonyl (C=O) groups excluding carboxylic acids is 1. The molecule has 0 bridgehead atoms. The van der Waals surface area contributed by atoms with Crippen LogP contribution in [0.25, 0.3) is 43.1 Å². The lowest BCUT2D eigenvalue weighted by atomic mass is 9.90. The Morgan fingerprint density at radius 1 is 1.05 bits per heavy atom.